The lowest BCUT2D eigenvalue weighted by molar-refractivity contribution is -0.181. The third kappa shape index (κ3) is 6.05. The van der Waals surface area contributed by atoms with Crippen molar-refractivity contribution >= 4 is 17.9 Å². The van der Waals surface area contributed by atoms with E-state index in [0.717, 1.165) is 5.57 Å². The molecule has 2 rings (SSSR count). The highest BCUT2D eigenvalue weighted by Crippen LogP contribution is 2.34. The van der Waals surface area contributed by atoms with Gasteiger partial charge in [0.15, 0.2) is 0 Å². The molecule has 0 fully saturated rings. The van der Waals surface area contributed by atoms with Crippen LogP contribution >= 0.6 is 0 Å². The Bertz CT molecular complexity index is 742. The Morgan fingerprint density at radius 3 is 2.55 bits per heavy atom. The lowest BCUT2D eigenvalue weighted by atomic mass is 9.88. The maximum absolute atomic E-state index is 12.8. The minimum Gasteiger partial charge on any atom is -0.466 e. The lowest BCUT2D eigenvalue weighted by Crippen LogP contribution is -2.45. The van der Waals surface area contributed by atoms with Crippen LogP contribution in [0, 0.1) is 5.92 Å². The molecule has 2 heterocycles. The predicted octanol–water partition coefficient (Wildman–Crippen LogP) is 4.20. The van der Waals surface area contributed by atoms with E-state index >= 15 is 0 Å². The zero-order valence-electron chi connectivity index (χ0n) is 18.1. The molecule has 6 nitrogen and oxygen atoms in total. The monoisotopic (exact) mass is 404 g/mol. The molecule has 0 saturated carbocycles. The van der Waals surface area contributed by atoms with Crippen molar-refractivity contribution in [1.29, 1.82) is 0 Å². The molecule has 0 aromatic rings. The molecule has 0 amide bonds. The van der Waals surface area contributed by atoms with Crippen molar-refractivity contribution in [3.63, 3.8) is 0 Å². The summed E-state index contributed by atoms with van der Waals surface area (Å²) in [5, 5.41) is 0. The van der Waals surface area contributed by atoms with E-state index in [0.29, 0.717) is 49.7 Å². The molecule has 0 unspecified atom stereocenters. The molecule has 29 heavy (non-hydrogen) atoms. The van der Waals surface area contributed by atoms with E-state index in [2.05, 4.69) is 13.8 Å². The molecule has 2 bridgehead atoms. The van der Waals surface area contributed by atoms with Crippen molar-refractivity contribution in [2.45, 2.75) is 77.9 Å². The van der Waals surface area contributed by atoms with Crippen LogP contribution in [-0.4, -0.2) is 36.7 Å². The first-order valence-corrected chi connectivity index (χ1v) is 10.2. The molecule has 2 atom stereocenters. The van der Waals surface area contributed by atoms with Crippen molar-refractivity contribution < 1.29 is 28.6 Å². The second kappa shape index (κ2) is 9.90. The fourth-order valence-electron chi connectivity index (χ4n) is 3.79. The minimum absolute atomic E-state index is 0.275. The Kier molecular flexibility index (Phi) is 7.82. The predicted molar refractivity (Wildman–Crippen MR) is 109 cm³/mol. The van der Waals surface area contributed by atoms with Crippen LogP contribution in [0.3, 0.4) is 0 Å². The first-order valence-electron chi connectivity index (χ1n) is 10.2. The van der Waals surface area contributed by atoms with Crippen molar-refractivity contribution in [3.05, 3.63) is 34.9 Å². The van der Waals surface area contributed by atoms with Gasteiger partial charge in [0.05, 0.1) is 7.11 Å². The summed E-state index contributed by atoms with van der Waals surface area (Å²) in [5.74, 6) is -0.936. The van der Waals surface area contributed by atoms with E-state index in [1.54, 1.807) is 13.0 Å². The third-order valence-electron chi connectivity index (χ3n) is 5.66. The fraction of sp³-hybridized carbons (Fsp3) is 0.609. The number of allylic oxidation sites excluding steroid dienone is 4. The van der Waals surface area contributed by atoms with Crippen molar-refractivity contribution in [3.8, 4) is 0 Å². The van der Waals surface area contributed by atoms with Crippen LogP contribution in [0.4, 0.5) is 0 Å². The summed E-state index contributed by atoms with van der Waals surface area (Å²) >= 11 is 0. The second-order valence-corrected chi connectivity index (χ2v) is 8.19. The molecule has 0 saturated heterocycles. The molecule has 0 radical (unpaired) electrons. The fourth-order valence-corrected chi connectivity index (χ4v) is 3.79. The van der Waals surface area contributed by atoms with Crippen LogP contribution < -0.4 is 0 Å². The molecular weight excluding hydrogens is 372 g/mol. The number of ether oxygens (including phenoxy) is 3. The van der Waals surface area contributed by atoms with E-state index in [1.807, 2.05) is 12.2 Å². The van der Waals surface area contributed by atoms with E-state index in [-0.39, 0.29) is 11.9 Å². The van der Waals surface area contributed by atoms with Crippen molar-refractivity contribution in [2.75, 3.05) is 7.11 Å². The molecule has 0 spiro atoms. The van der Waals surface area contributed by atoms with Crippen LogP contribution in [-0.2, 0) is 28.6 Å². The van der Waals surface area contributed by atoms with Crippen molar-refractivity contribution in [2.24, 2.45) is 5.92 Å². The first kappa shape index (κ1) is 22.9. The van der Waals surface area contributed by atoms with E-state index in [1.165, 1.54) is 14.0 Å². The van der Waals surface area contributed by atoms with Gasteiger partial charge >= 0.3 is 17.9 Å². The highest BCUT2D eigenvalue weighted by Gasteiger charge is 2.42. The molecule has 2 aliphatic rings. The van der Waals surface area contributed by atoms with Gasteiger partial charge in [-0.05, 0) is 51.4 Å². The Morgan fingerprint density at radius 2 is 1.93 bits per heavy atom. The van der Waals surface area contributed by atoms with Gasteiger partial charge in [-0.25, -0.2) is 9.59 Å². The Balaban J connectivity index is 2.48. The Labute approximate surface area is 173 Å². The number of carbonyl (C=O) groups is 3. The Hall–Kier alpha value is -2.37. The van der Waals surface area contributed by atoms with Crippen LogP contribution in [0.5, 0.6) is 0 Å². The summed E-state index contributed by atoms with van der Waals surface area (Å²) in [7, 11) is 1.35. The number of esters is 3. The summed E-state index contributed by atoms with van der Waals surface area (Å²) in [4.78, 5) is 36.8. The number of carbonyl (C=O) groups excluding carboxylic acids is 3. The van der Waals surface area contributed by atoms with Gasteiger partial charge in [-0.15, -0.1) is 0 Å². The van der Waals surface area contributed by atoms with Gasteiger partial charge < -0.3 is 14.2 Å². The molecule has 0 N–H and O–H groups in total. The van der Waals surface area contributed by atoms with Gasteiger partial charge in [-0.1, -0.05) is 37.6 Å². The van der Waals surface area contributed by atoms with E-state index < -0.39 is 23.6 Å². The number of methoxy groups -OCH3 is 1. The van der Waals surface area contributed by atoms with Crippen molar-refractivity contribution in [1.82, 2.24) is 0 Å². The van der Waals surface area contributed by atoms with E-state index in [9.17, 15) is 14.4 Å². The van der Waals surface area contributed by atoms with E-state index in [4.69, 9.17) is 14.2 Å². The molecule has 0 aromatic heterocycles. The van der Waals surface area contributed by atoms with Gasteiger partial charge in [0.1, 0.15) is 11.7 Å². The molecular formula is C23H32O6. The average molecular weight is 405 g/mol. The normalized spacial score (nSPS) is 29.5. The zero-order chi connectivity index (χ0) is 21.6. The average Bonchev–Trinajstić information content (AvgIpc) is 2.79. The topological polar surface area (TPSA) is 78.9 Å². The van der Waals surface area contributed by atoms with Gasteiger partial charge in [0.2, 0.25) is 0 Å². The quantitative estimate of drug-likeness (QED) is 0.518. The number of rotatable bonds is 3. The molecule has 0 aliphatic carbocycles. The second-order valence-electron chi connectivity index (χ2n) is 8.19. The zero-order valence-corrected chi connectivity index (χ0v) is 18.1. The maximum Gasteiger partial charge on any atom is 0.334 e. The highest BCUT2D eigenvalue weighted by molar-refractivity contribution is 5.89. The van der Waals surface area contributed by atoms with Crippen LogP contribution in [0.25, 0.3) is 0 Å². The Morgan fingerprint density at radius 1 is 1.21 bits per heavy atom. The highest BCUT2D eigenvalue weighted by atomic mass is 16.6. The summed E-state index contributed by atoms with van der Waals surface area (Å²) in [5.41, 5.74) is 1.34. The summed E-state index contributed by atoms with van der Waals surface area (Å²) in [6, 6.07) is 0. The molecule has 160 valence electrons. The van der Waals surface area contributed by atoms with Gasteiger partial charge in [-0.3, -0.25) is 4.79 Å². The molecule has 6 heteroatoms. The number of fused-ring (bicyclic) bond motifs is 3. The maximum atomic E-state index is 12.8. The SMILES string of the molecule is COC(=O)/C1=C/C=C(/C(C)C)CCC2=CCC[C@@](C)(OC2=O)[C@H](OC(C)=O)CC1. The number of hydrogen-bond donors (Lipinski definition) is 0. The van der Waals surface area contributed by atoms with Gasteiger partial charge in [0.25, 0.3) is 0 Å². The summed E-state index contributed by atoms with van der Waals surface area (Å²) in [6.07, 6.45) is 8.20. The van der Waals surface area contributed by atoms with Crippen LogP contribution in [0.2, 0.25) is 0 Å². The third-order valence-corrected chi connectivity index (χ3v) is 5.66. The van der Waals surface area contributed by atoms with Gasteiger partial charge in [-0.2, -0.15) is 0 Å². The summed E-state index contributed by atoms with van der Waals surface area (Å²) < 4.78 is 16.4. The van der Waals surface area contributed by atoms with Crippen LogP contribution in [0.1, 0.15) is 66.2 Å². The lowest BCUT2D eigenvalue weighted by Gasteiger charge is -2.35. The largest absolute Gasteiger partial charge is 0.466 e. The van der Waals surface area contributed by atoms with Gasteiger partial charge in [0, 0.05) is 18.1 Å². The molecule has 2 aliphatic heterocycles. The minimum atomic E-state index is -0.954. The molecule has 0 aromatic carbocycles. The first-order chi connectivity index (χ1) is 13.7. The standard InChI is InChI=1S/C23H32O6/c1-15(2)17-8-10-18-7-6-14-23(4,29-22(18)26)20(28-16(3)24)13-12-19(11-9-17)21(25)27-5/h7,9,11,15,20H,6,8,10,12-14H2,1-5H3/b17-9+,19-11+/t20-,23-/m1/s1. The smallest absolute Gasteiger partial charge is 0.334 e. The number of hydrogen-bond acceptors (Lipinski definition) is 6. The van der Waals surface area contributed by atoms with Crippen LogP contribution in [0.15, 0.2) is 34.9 Å². The summed E-state index contributed by atoms with van der Waals surface area (Å²) in [6.45, 7) is 7.31.